The third-order valence-corrected chi connectivity index (χ3v) is 3.17. The third kappa shape index (κ3) is 2.74. The molecule has 6 nitrogen and oxygen atoms in total. The maximum absolute atomic E-state index is 8.89. The van der Waals surface area contributed by atoms with Crippen LogP contribution in [0.5, 0.6) is 0 Å². The highest BCUT2D eigenvalue weighted by Crippen LogP contribution is 2.26. The number of oxazole rings is 1. The smallest absolute Gasteiger partial charge is 0.305 e. The molecular weight excluding hydrogens is 278 g/mol. The molecule has 110 valence electrons. The Labute approximate surface area is 128 Å². The summed E-state index contributed by atoms with van der Waals surface area (Å²) in [5.41, 5.74) is 3.19. The van der Waals surface area contributed by atoms with Gasteiger partial charge in [-0.15, -0.1) is 0 Å². The Kier molecular flexibility index (Phi) is 3.71. The number of rotatable bonds is 4. The minimum Gasteiger partial charge on any atom is -0.423 e. The first-order valence-corrected chi connectivity index (χ1v) is 7.00. The number of hydrogen-bond acceptors (Lipinski definition) is 6. The zero-order chi connectivity index (χ0) is 15.5. The van der Waals surface area contributed by atoms with Gasteiger partial charge in [0.1, 0.15) is 5.52 Å². The Morgan fingerprint density at radius 1 is 1.14 bits per heavy atom. The predicted molar refractivity (Wildman–Crippen MR) is 82.8 cm³/mol. The molecule has 0 aliphatic heterocycles. The molecule has 0 unspecified atom stereocenters. The molecular formula is C16H15N5O. The third-order valence-electron chi connectivity index (χ3n) is 3.17. The lowest BCUT2D eigenvalue weighted by Crippen LogP contribution is -2.21. The van der Waals surface area contributed by atoms with Crippen molar-refractivity contribution in [2.45, 2.75) is 20.3 Å². The highest BCUT2D eigenvalue weighted by Gasteiger charge is 2.19. The van der Waals surface area contributed by atoms with Crippen LogP contribution in [0.3, 0.4) is 0 Å². The molecule has 1 aromatic carbocycles. The van der Waals surface area contributed by atoms with Crippen LogP contribution in [0.25, 0.3) is 11.1 Å². The molecule has 3 aromatic rings. The van der Waals surface area contributed by atoms with Crippen LogP contribution >= 0.6 is 0 Å². The molecule has 0 spiro atoms. The minimum absolute atomic E-state index is 0.328. The van der Waals surface area contributed by atoms with Gasteiger partial charge >= 0.3 is 6.01 Å². The van der Waals surface area contributed by atoms with Crippen molar-refractivity contribution < 1.29 is 4.42 Å². The summed E-state index contributed by atoms with van der Waals surface area (Å²) in [6.45, 7) is 4.24. The predicted octanol–water partition coefficient (Wildman–Crippen LogP) is 3.29. The number of nitriles is 1. The first kappa shape index (κ1) is 14.0. The van der Waals surface area contributed by atoms with E-state index in [-0.39, 0.29) is 0 Å². The van der Waals surface area contributed by atoms with Gasteiger partial charge in [0.2, 0.25) is 5.95 Å². The molecule has 2 aromatic heterocycles. The van der Waals surface area contributed by atoms with Crippen molar-refractivity contribution in [2.24, 2.45) is 0 Å². The fourth-order valence-electron chi connectivity index (χ4n) is 2.25. The van der Waals surface area contributed by atoms with Gasteiger partial charge in [-0.1, -0.05) is 12.1 Å². The first-order valence-electron chi connectivity index (χ1n) is 7.00. The molecule has 0 bridgehead atoms. The maximum atomic E-state index is 8.89. The summed E-state index contributed by atoms with van der Waals surface area (Å²) in [7, 11) is 0. The topological polar surface area (TPSA) is 78.8 Å². The average Bonchev–Trinajstić information content (AvgIpc) is 2.90. The Morgan fingerprint density at radius 2 is 1.86 bits per heavy atom. The Hall–Kier alpha value is -2.94. The van der Waals surface area contributed by atoms with Gasteiger partial charge in [-0.3, -0.25) is 4.90 Å². The molecule has 0 aliphatic carbocycles. The molecule has 0 radical (unpaired) electrons. The van der Waals surface area contributed by atoms with Gasteiger partial charge in [-0.05, 0) is 32.0 Å². The SMILES string of the molecule is Cc1cc(C)nc(N(CCC#N)c2nc3ccccc3o2)n1. The van der Waals surface area contributed by atoms with Crippen molar-refractivity contribution in [3.63, 3.8) is 0 Å². The molecule has 0 fully saturated rings. The van der Waals surface area contributed by atoms with Gasteiger partial charge in [-0.25, -0.2) is 9.97 Å². The number of nitrogens with zero attached hydrogens (tertiary/aromatic N) is 5. The van der Waals surface area contributed by atoms with E-state index >= 15 is 0 Å². The average molecular weight is 293 g/mol. The number of anilines is 2. The van der Waals surface area contributed by atoms with E-state index in [1.807, 2.05) is 44.2 Å². The largest absolute Gasteiger partial charge is 0.423 e. The number of hydrogen-bond donors (Lipinski definition) is 0. The Balaban J connectivity index is 2.07. The van der Waals surface area contributed by atoms with Gasteiger partial charge in [0.05, 0.1) is 12.5 Å². The molecule has 0 saturated carbocycles. The van der Waals surface area contributed by atoms with Crippen molar-refractivity contribution in [3.05, 3.63) is 41.7 Å². The molecule has 0 atom stereocenters. The van der Waals surface area contributed by atoms with Gasteiger partial charge < -0.3 is 4.42 Å². The first-order chi connectivity index (χ1) is 10.7. The number of aromatic nitrogens is 3. The van der Waals surface area contributed by atoms with Gasteiger partial charge in [0, 0.05) is 17.9 Å². The van der Waals surface area contributed by atoms with E-state index in [4.69, 9.17) is 9.68 Å². The molecule has 2 heterocycles. The summed E-state index contributed by atoms with van der Waals surface area (Å²) in [5, 5.41) is 8.89. The van der Waals surface area contributed by atoms with Crippen molar-refractivity contribution in [1.82, 2.24) is 15.0 Å². The van der Waals surface area contributed by atoms with E-state index in [0.29, 0.717) is 30.5 Å². The molecule has 0 amide bonds. The summed E-state index contributed by atoms with van der Waals surface area (Å²) in [4.78, 5) is 15.1. The van der Waals surface area contributed by atoms with Crippen LogP contribution in [0, 0.1) is 25.2 Å². The van der Waals surface area contributed by atoms with Gasteiger partial charge in [0.25, 0.3) is 0 Å². The molecule has 0 N–H and O–H groups in total. The molecule has 6 heteroatoms. The van der Waals surface area contributed by atoms with E-state index < -0.39 is 0 Å². The molecule has 0 saturated heterocycles. The second kappa shape index (κ2) is 5.82. The van der Waals surface area contributed by atoms with Gasteiger partial charge in [-0.2, -0.15) is 10.2 Å². The zero-order valence-electron chi connectivity index (χ0n) is 12.4. The van der Waals surface area contributed by atoms with Crippen LogP contribution in [0.15, 0.2) is 34.7 Å². The fourth-order valence-corrected chi connectivity index (χ4v) is 2.25. The van der Waals surface area contributed by atoms with E-state index in [0.717, 1.165) is 16.9 Å². The van der Waals surface area contributed by atoms with Crippen LogP contribution in [-0.4, -0.2) is 21.5 Å². The summed E-state index contributed by atoms with van der Waals surface area (Å²) in [6.07, 6.45) is 0.328. The lowest BCUT2D eigenvalue weighted by atomic mass is 10.3. The second-order valence-electron chi connectivity index (χ2n) is 4.97. The van der Waals surface area contributed by atoms with Crippen LogP contribution in [-0.2, 0) is 0 Å². The summed E-state index contributed by atoms with van der Waals surface area (Å²) >= 11 is 0. The highest BCUT2D eigenvalue weighted by molar-refractivity contribution is 5.75. The summed E-state index contributed by atoms with van der Waals surface area (Å²) in [6, 6.07) is 12.0. The zero-order valence-corrected chi connectivity index (χ0v) is 12.4. The van der Waals surface area contributed by atoms with E-state index in [2.05, 4.69) is 21.0 Å². The lowest BCUT2D eigenvalue weighted by Gasteiger charge is -2.17. The Morgan fingerprint density at radius 3 is 2.55 bits per heavy atom. The number of aryl methyl sites for hydroxylation is 2. The van der Waals surface area contributed by atoms with Crippen LogP contribution in [0.2, 0.25) is 0 Å². The molecule has 3 rings (SSSR count). The minimum atomic E-state index is 0.328. The van der Waals surface area contributed by atoms with Crippen molar-refractivity contribution >= 4 is 23.1 Å². The quantitative estimate of drug-likeness (QED) is 0.734. The summed E-state index contributed by atoms with van der Waals surface area (Å²) < 4.78 is 5.79. The monoisotopic (exact) mass is 293 g/mol. The van der Waals surface area contributed by atoms with Crippen LogP contribution < -0.4 is 4.90 Å². The van der Waals surface area contributed by atoms with E-state index in [1.165, 1.54) is 0 Å². The lowest BCUT2D eigenvalue weighted by molar-refractivity contribution is 0.588. The number of para-hydroxylation sites is 2. The van der Waals surface area contributed by atoms with Crippen molar-refractivity contribution in [3.8, 4) is 6.07 Å². The second-order valence-corrected chi connectivity index (χ2v) is 4.97. The fraction of sp³-hybridized carbons (Fsp3) is 0.250. The Bertz CT molecular complexity index is 796. The van der Waals surface area contributed by atoms with Crippen LogP contribution in [0.4, 0.5) is 12.0 Å². The van der Waals surface area contributed by atoms with Gasteiger partial charge in [0.15, 0.2) is 5.58 Å². The van der Waals surface area contributed by atoms with E-state index in [9.17, 15) is 0 Å². The summed E-state index contributed by atoms with van der Waals surface area (Å²) in [5.74, 6) is 0.499. The number of fused-ring (bicyclic) bond motifs is 1. The van der Waals surface area contributed by atoms with Crippen LogP contribution in [0.1, 0.15) is 17.8 Å². The molecule has 22 heavy (non-hydrogen) atoms. The van der Waals surface area contributed by atoms with Crippen molar-refractivity contribution in [2.75, 3.05) is 11.4 Å². The maximum Gasteiger partial charge on any atom is 0.305 e. The highest BCUT2D eigenvalue weighted by atomic mass is 16.4. The van der Waals surface area contributed by atoms with E-state index in [1.54, 1.807) is 4.90 Å². The normalized spacial score (nSPS) is 10.6. The standard InChI is InChI=1S/C16H15N5O/c1-11-10-12(2)19-15(18-11)21(9-5-8-17)16-20-13-6-3-4-7-14(13)22-16/h3-4,6-7,10H,5,9H2,1-2H3. The van der Waals surface area contributed by atoms with Crippen molar-refractivity contribution in [1.29, 1.82) is 5.26 Å². The molecule has 0 aliphatic rings. The number of benzene rings is 1.